The number of aliphatic hydroxyl groups excluding tert-OH is 1. The van der Waals surface area contributed by atoms with Gasteiger partial charge in [-0.15, -0.1) is 0 Å². The van der Waals surface area contributed by atoms with E-state index in [1.807, 2.05) is 12.1 Å². The Balaban J connectivity index is 1.49. The molecule has 8 nitrogen and oxygen atoms in total. The van der Waals surface area contributed by atoms with Crippen molar-refractivity contribution in [2.24, 2.45) is 7.05 Å². The maximum absolute atomic E-state index is 13.0. The molecule has 12 heteroatoms. The minimum absolute atomic E-state index is 0.0722. The lowest BCUT2D eigenvalue weighted by atomic mass is 10.1. The van der Waals surface area contributed by atoms with Crippen LogP contribution in [-0.2, 0) is 49.2 Å². The van der Waals surface area contributed by atoms with Gasteiger partial charge in [0.25, 0.3) is 10.0 Å². The lowest BCUT2D eigenvalue weighted by Crippen LogP contribution is -2.36. The number of hydrogen-bond acceptors (Lipinski definition) is 5. The van der Waals surface area contributed by atoms with Gasteiger partial charge in [-0.05, 0) is 35.6 Å². The van der Waals surface area contributed by atoms with Gasteiger partial charge in [0, 0.05) is 24.8 Å². The standard InChI is InChI=1S/C19H20F3N5O3S/c1-26-17(4-5-23-26)31(29,30)25-16-7-13-3-2-12(6-14(13)8-16)9-27-10-15(11-28)18(24-27)19(20,21)22/h2-6,10,16,25,28H,7-9,11H2,1H3/t16-/m1/s1. The predicted octanol–water partition coefficient (Wildman–Crippen LogP) is 1.62. The average Bonchev–Trinajstić information content (AvgIpc) is 3.38. The Hall–Kier alpha value is -2.70. The molecule has 0 saturated heterocycles. The molecule has 2 heterocycles. The average molecular weight is 455 g/mol. The van der Waals surface area contributed by atoms with Gasteiger partial charge >= 0.3 is 6.18 Å². The van der Waals surface area contributed by atoms with Gasteiger partial charge in [0.1, 0.15) is 0 Å². The van der Waals surface area contributed by atoms with E-state index in [1.165, 1.54) is 23.1 Å². The monoisotopic (exact) mass is 455 g/mol. The summed E-state index contributed by atoms with van der Waals surface area (Å²) in [4.78, 5) is 0. The maximum Gasteiger partial charge on any atom is 0.435 e. The lowest BCUT2D eigenvalue weighted by Gasteiger charge is -2.12. The zero-order chi connectivity index (χ0) is 22.4. The van der Waals surface area contributed by atoms with Crippen LogP contribution in [0.2, 0.25) is 0 Å². The Morgan fingerprint density at radius 3 is 2.58 bits per heavy atom. The Labute approximate surface area is 176 Å². The number of aliphatic hydroxyl groups is 1. The van der Waals surface area contributed by atoms with E-state index in [1.54, 1.807) is 13.1 Å². The Kier molecular flexibility index (Phi) is 5.40. The minimum atomic E-state index is -4.64. The largest absolute Gasteiger partial charge is 0.435 e. The third kappa shape index (κ3) is 4.36. The van der Waals surface area contributed by atoms with Crippen LogP contribution in [0.15, 0.2) is 41.7 Å². The summed E-state index contributed by atoms with van der Waals surface area (Å²) < 4.78 is 69.3. The van der Waals surface area contributed by atoms with Crippen molar-refractivity contribution < 1.29 is 26.7 Å². The first kappa shape index (κ1) is 21.5. The maximum atomic E-state index is 13.0. The van der Waals surface area contributed by atoms with Gasteiger partial charge in [0.05, 0.1) is 19.3 Å². The quantitative estimate of drug-likeness (QED) is 0.588. The number of rotatable bonds is 6. The summed E-state index contributed by atoms with van der Waals surface area (Å²) >= 11 is 0. The molecule has 0 radical (unpaired) electrons. The molecule has 2 aromatic heterocycles. The normalized spacial score (nSPS) is 16.6. The second-order valence-electron chi connectivity index (χ2n) is 7.48. The molecule has 0 bridgehead atoms. The molecule has 1 atom stereocenters. The van der Waals surface area contributed by atoms with Gasteiger partial charge in [-0.3, -0.25) is 9.36 Å². The first-order chi connectivity index (χ1) is 14.6. The van der Waals surface area contributed by atoms with E-state index in [0.717, 1.165) is 21.4 Å². The number of hydrogen-bond donors (Lipinski definition) is 2. The van der Waals surface area contributed by atoms with Crippen LogP contribution in [0.1, 0.15) is 27.9 Å². The molecule has 4 rings (SSSR count). The van der Waals surface area contributed by atoms with Gasteiger partial charge in [-0.1, -0.05) is 18.2 Å². The van der Waals surface area contributed by atoms with Crippen LogP contribution in [0.5, 0.6) is 0 Å². The number of alkyl halides is 3. The molecular formula is C19H20F3N5O3S. The summed E-state index contributed by atoms with van der Waals surface area (Å²) in [5, 5.41) is 16.7. The first-order valence-electron chi connectivity index (χ1n) is 9.42. The highest BCUT2D eigenvalue weighted by molar-refractivity contribution is 7.89. The van der Waals surface area contributed by atoms with Crippen LogP contribution in [-0.4, -0.2) is 39.1 Å². The van der Waals surface area contributed by atoms with Crippen molar-refractivity contribution in [3.8, 4) is 0 Å². The van der Waals surface area contributed by atoms with Crippen LogP contribution in [0, 0.1) is 0 Å². The van der Waals surface area contributed by atoms with Gasteiger partial charge < -0.3 is 5.11 Å². The topological polar surface area (TPSA) is 102 Å². The van der Waals surface area contributed by atoms with Gasteiger partial charge in [0.15, 0.2) is 10.7 Å². The van der Waals surface area contributed by atoms with E-state index in [9.17, 15) is 26.7 Å². The number of nitrogens with one attached hydrogen (secondary N) is 1. The molecule has 0 amide bonds. The lowest BCUT2D eigenvalue weighted by molar-refractivity contribution is -0.142. The fraction of sp³-hybridized carbons (Fsp3) is 0.368. The van der Waals surface area contributed by atoms with Crippen LogP contribution in [0.4, 0.5) is 13.2 Å². The van der Waals surface area contributed by atoms with Gasteiger partial charge in [-0.25, -0.2) is 13.1 Å². The molecule has 0 aliphatic heterocycles. The molecule has 31 heavy (non-hydrogen) atoms. The van der Waals surface area contributed by atoms with E-state index in [2.05, 4.69) is 14.9 Å². The minimum Gasteiger partial charge on any atom is -0.392 e. The summed E-state index contributed by atoms with van der Waals surface area (Å²) in [6.45, 7) is -0.653. The van der Waals surface area contributed by atoms with Crippen molar-refractivity contribution in [3.63, 3.8) is 0 Å². The second-order valence-corrected chi connectivity index (χ2v) is 9.14. The van der Waals surface area contributed by atoms with E-state index in [4.69, 9.17) is 0 Å². The molecule has 0 spiro atoms. The Bertz CT molecular complexity index is 1220. The molecule has 0 unspecified atom stereocenters. The highest BCUT2D eigenvalue weighted by Crippen LogP contribution is 2.31. The summed E-state index contributed by atoms with van der Waals surface area (Å²) in [6.07, 6.45) is -1.07. The fourth-order valence-corrected chi connectivity index (χ4v) is 5.20. The Morgan fingerprint density at radius 1 is 1.23 bits per heavy atom. The molecule has 2 N–H and O–H groups in total. The van der Waals surface area contributed by atoms with Crippen molar-refractivity contribution in [1.29, 1.82) is 0 Å². The number of sulfonamides is 1. The first-order valence-corrected chi connectivity index (χ1v) is 10.9. The van der Waals surface area contributed by atoms with E-state index in [-0.39, 0.29) is 23.2 Å². The van der Waals surface area contributed by atoms with Gasteiger partial charge in [-0.2, -0.15) is 23.4 Å². The number of benzene rings is 1. The molecule has 0 fully saturated rings. The van der Waals surface area contributed by atoms with E-state index < -0.39 is 28.5 Å². The smallest absolute Gasteiger partial charge is 0.392 e. The molecule has 1 aliphatic rings. The van der Waals surface area contributed by atoms with Crippen molar-refractivity contribution >= 4 is 10.0 Å². The predicted molar refractivity (Wildman–Crippen MR) is 103 cm³/mol. The van der Waals surface area contributed by atoms with E-state index in [0.29, 0.717) is 12.8 Å². The van der Waals surface area contributed by atoms with Gasteiger partial charge in [0.2, 0.25) is 0 Å². The summed E-state index contributed by atoms with van der Waals surface area (Å²) in [6, 6.07) is 6.57. The fourth-order valence-electron chi connectivity index (χ4n) is 3.84. The van der Waals surface area contributed by atoms with Crippen LogP contribution in [0.3, 0.4) is 0 Å². The number of fused-ring (bicyclic) bond motifs is 1. The zero-order valence-corrected chi connectivity index (χ0v) is 17.3. The zero-order valence-electron chi connectivity index (χ0n) is 16.5. The van der Waals surface area contributed by atoms with Crippen molar-refractivity contribution in [3.05, 3.63) is 64.6 Å². The summed E-state index contributed by atoms with van der Waals surface area (Å²) in [5.41, 5.74) is 1.27. The summed E-state index contributed by atoms with van der Waals surface area (Å²) in [5.74, 6) is 0. The third-order valence-electron chi connectivity index (χ3n) is 5.20. The number of aryl methyl sites for hydroxylation is 1. The second kappa shape index (κ2) is 7.77. The highest BCUT2D eigenvalue weighted by Gasteiger charge is 2.37. The third-order valence-corrected chi connectivity index (χ3v) is 6.79. The van der Waals surface area contributed by atoms with Crippen LogP contribution >= 0.6 is 0 Å². The summed E-state index contributed by atoms with van der Waals surface area (Å²) in [7, 11) is -2.17. The Morgan fingerprint density at radius 2 is 1.97 bits per heavy atom. The number of nitrogens with zero attached hydrogens (tertiary/aromatic N) is 4. The molecule has 166 valence electrons. The molecule has 3 aromatic rings. The van der Waals surface area contributed by atoms with Crippen molar-refractivity contribution in [2.75, 3.05) is 0 Å². The van der Waals surface area contributed by atoms with Crippen molar-refractivity contribution in [2.45, 2.75) is 43.2 Å². The van der Waals surface area contributed by atoms with Crippen LogP contribution in [0.25, 0.3) is 0 Å². The molecule has 1 aliphatic carbocycles. The highest BCUT2D eigenvalue weighted by atomic mass is 32.2. The molecular weight excluding hydrogens is 435 g/mol. The number of aromatic nitrogens is 4. The SMILES string of the molecule is Cn1nccc1S(=O)(=O)N[C@@H]1Cc2ccc(Cn3cc(CO)c(C(F)(F)F)n3)cc2C1. The van der Waals surface area contributed by atoms with Crippen molar-refractivity contribution in [1.82, 2.24) is 24.3 Å². The molecule has 1 aromatic carbocycles. The molecule has 0 saturated carbocycles. The van der Waals surface area contributed by atoms with E-state index >= 15 is 0 Å². The number of halogens is 3. The van der Waals surface area contributed by atoms with Crippen LogP contribution < -0.4 is 4.72 Å².